The monoisotopic (exact) mass is 505 g/mol. The number of carboxylic acid groups (broad SMARTS) is 1. The third-order valence-electron chi connectivity index (χ3n) is 6.54. The van der Waals surface area contributed by atoms with Gasteiger partial charge in [-0.15, -0.1) is 0 Å². The first-order valence-corrected chi connectivity index (χ1v) is 12.2. The summed E-state index contributed by atoms with van der Waals surface area (Å²) in [5, 5.41) is 15.6. The molecular formula is C28H28ClN3O4. The van der Waals surface area contributed by atoms with Crippen molar-refractivity contribution in [1.82, 2.24) is 10.3 Å². The van der Waals surface area contributed by atoms with E-state index in [-0.39, 0.29) is 24.3 Å². The molecule has 2 aromatic carbocycles. The molecule has 0 spiro atoms. The molecule has 0 saturated heterocycles. The number of anilines is 1. The fourth-order valence-corrected chi connectivity index (χ4v) is 4.77. The molecular weight excluding hydrogens is 478 g/mol. The van der Waals surface area contributed by atoms with Gasteiger partial charge in [0.2, 0.25) is 0 Å². The first-order chi connectivity index (χ1) is 17.2. The number of carbonyl (C=O) groups excluding carboxylic acids is 2. The van der Waals surface area contributed by atoms with Crippen molar-refractivity contribution in [3.63, 3.8) is 0 Å². The molecule has 0 bridgehead atoms. The third-order valence-corrected chi connectivity index (χ3v) is 6.77. The van der Waals surface area contributed by atoms with Gasteiger partial charge >= 0.3 is 5.97 Å². The van der Waals surface area contributed by atoms with Gasteiger partial charge in [0.1, 0.15) is 0 Å². The number of aryl methyl sites for hydroxylation is 1. The van der Waals surface area contributed by atoms with E-state index in [0.717, 1.165) is 28.1 Å². The van der Waals surface area contributed by atoms with Gasteiger partial charge < -0.3 is 20.7 Å². The second-order valence-electron chi connectivity index (χ2n) is 8.92. The molecule has 1 atom stereocenters. The lowest BCUT2D eigenvalue weighted by molar-refractivity contribution is -0.137. The van der Waals surface area contributed by atoms with Crippen LogP contribution in [0.4, 0.5) is 5.69 Å². The molecule has 1 unspecified atom stereocenters. The predicted molar refractivity (Wildman–Crippen MR) is 141 cm³/mol. The average molecular weight is 506 g/mol. The fourth-order valence-electron chi connectivity index (χ4n) is 4.57. The van der Waals surface area contributed by atoms with Crippen LogP contribution in [0, 0.1) is 13.8 Å². The molecule has 4 N–H and O–H groups in total. The zero-order valence-corrected chi connectivity index (χ0v) is 21.1. The number of H-pyrrole nitrogens is 1. The van der Waals surface area contributed by atoms with Crippen LogP contribution in [0.3, 0.4) is 0 Å². The number of fused-ring (bicyclic) bond motifs is 1. The number of benzene rings is 2. The number of carboxylic acids is 1. The van der Waals surface area contributed by atoms with Crippen LogP contribution in [0.1, 0.15) is 69.8 Å². The first kappa shape index (κ1) is 25.3. The van der Waals surface area contributed by atoms with Crippen LogP contribution in [-0.2, 0) is 16.0 Å². The smallest absolute Gasteiger partial charge is 0.303 e. The minimum Gasteiger partial charge on any atom is -0.481 e. The summed E-state index contributed by atoms with van der Waals surface area (Å²) in [5.41, 5.74) is 6.54. The number of hydrogen-bond acceptors (Lipinski definition) is 3. The second-order valence-corrected chi connectivity index (χ2v) is 9.36. The Labute approximate surface area is 214 Å². The molecule has 1 aromatic heterocycles. The summed E-state index contributed by atoms with van der Waals surface area (Å²) in [6, 6.07) is 12.4. The van der Waals surface area contributed by atoms with Crippen molar-refractivity contribution >= 4 is 46.7 Å². The predicted octanol–water partition coefficient (Wildman–Crippen LogP) is 5.68. The standard InChI is InChI=1S/C28H28ClN3O4/c1-4-23(17-6-5-7-19(29)12-17)31-27(35)18-8-10-24-21(13-18)22(28(36)32-24)14-25-15(2)20(16(3)30-25)9-11-26(33)34/h5-8,10,12-14,23,30H,4,9,11H2,1-3H3,(H,31,35)(H,32,36)(H,33,34). The summed E-state index contributed by atoms with van der Waals surface area (Å²) in [7, 11) is 0. The van der Waals surface area contributed by atoms with Crippen molar-refractivity contribution in [1.29, 1.82) is 0 Å². The Bertz CT molecular complexity index is 1390. The van der Waals surface area contributed by atoms with E-state index in [1.165, 1.54) is 0 Å². The number of nitrogens with one attached hydrogen (secondary N) is 3. The molecule has 2 amide bonds. The van der Waals surface area contributed by atoms with Gasteiger partial charge in [0.15, 0.2) is 0 Å². The van der Waals surface area contributed by atoms with Gasteiger partial charge in [0, 0.05) is 39.6 Å². The van der Waals surface area contributed by atoms with Gasteiger partial charge in [-0.3, -0.25) is 14.4 Å². The molecule has 0 radical (unpaired) electrons. The summed E-state index contributed by atoms with van der Waals surface area (Å²) in [6.45, 7) is 5.79. The Kier molecular flexibility index (Phi) is 7.31. The van der Waals surface area contributed by atoms with E-state index in [1.807, 2.05) is 39.0 Å². The highest BCUT2D eigenvalue weighted by molar-refractivity contribution is 6.35. The van der Waals surface area contributed by atoms with Crippen LogP contribution in [0.15, 0.2) is 42.5 Å². The van der Waals surface area contributed by atoms with Crippen molar-refractivity contribution in [2.45, 2.75) is 46.1 Å². The number of halogens is 1. The number of aromatic nitrogens is 1. The van der Waals surface area contributed by atoms with Crippen molar-refractivity contribution in [2.24, 2.45) is 0 Å². The van der Waals surface area contributed by atoms with E-state index in [1.54, 1.807) is 30.3 Å². The Morgan fingerprint density at radius 3 is 2.64 bits per heavy atom. The molecule has 0 aliphatic carbocycles. The van der Waals surface area contributed by atoms with Crippen LogP contribution < -0.4 is 10.6 Å². The average Bonchev–Trinajstić information content (AvgIpc) is 3.29. The highest BCUT2D eigenvalue weighted by atomic mass is 35.5. The maximum Gasteiger partial charge on any atom is 0.303 e. The molecule has 36 heavy (non-hydrogen) atoms. The zero-order valence-electron chi connectivity index (χ0n) is 20.4. The molecule has 0 fully saturated rings. The molecule has 2 heterocycles. The molecule has 4 rings (SSSR count). The number of aromatic amines is 1. The van der Waals surface area contributed by atoms with E-state index >= 15 is 0 Å². The molecule has 0 saturated carbocycles. The summed E-state index contributed by atoms with van der Waals surface area (Å²) in [5.74, 6) is -1.36. The SMILES string of the molecule is CCC(NC(=O)c1ccc2c(c1)C(=Cc1[nH]c(C)c(CCC(=O)O)c1C)C(=O)N2)c1cccc(Cl)c1. The lowest BCUT2D eigenvalue weighted by Crippen LogP contribution is -2.28. The lowest BCUT2D eigenvalue weighted by Gasteiger charge is -2.18. The van der Waals surface area contributed by atoms with Crippen LogP contribution in [-0.4, -0.2) is 27.9 Å². The minimum absolute atomic E-state index is 0.0330. The number of hydrogen-bond donors (Lipinski definition) is 4. The van der Waals surface area contributed by atoms with Gasteiger partial charge in [0.25, 0.3) is 11.8 Å². The highest BCUT2D eigenvalue weighted by Gasteiger charge is 2.26. The highest BCUT2D eigenvalue weighted by Crippen LogP contribution is 2.35. The van der Waals surface area contributed by atoms with Crippen molar-refractivity contribution in [3.8, 4) is 0 Å². The van der Waals surface area contributed by atoms with Crippen LogP contribution >= 0.6 is 11.6 Å². The van der Waals surface area contributed by atoms with E-state index in [9.17, 15) is 14.4 Å². The molecule has 1 aliphatic heterocycles. The molecule has 7 nitrogen and oxygen atoms in total. The second kappa shape index (κ2) is 10.4. The maximum absolute atomic E-state index is 13.1. The van der Waals surface area contributed by atoms with Gasteiger partial charge in [0.05, 0.1) is 11.6 Å². The zero-order chi connectivity index (χ0) is 26.0. The minimum atomic E-state index is -0.856. The summed E-state index contributed by atoms with van der Waals surface area (Å²) in [4.78, 5) is 40.2. The number of amides is 2. The normalized spacial score (nSPS) is 14.4. The van der Waals surface area contributed by atoms with E-state index in [4.69, 9.17) is 16.7 Å². The quantitative estimate of drug-likeness (QED) is 0.295. The third kappa shape index (κ3) is 5.21. The Morgan fingerprint density at radius 1 is 1.17 bits per heavy atom. The van der Waals surface area contributed by atoms with Crippen molar-refractivity contribution in [2.75, 3.05) is 5.32 Å². The number of rotatable bonds is 8. The Morgan fingerprint density at radius 2 is 1.94 bits per heavy atom. The molecule has 3 aromatic rings. The van der Waals surface area contributed by atoms with E-state index in [2.05, 4.69) is 15.6 Å². The van der Waals surface area contributed by atoms with Gasteiger partial charge in [-0.05, 0) is 79.8 Å². The largest absolute Gasteiger partial charge is 0.481 e. The number of aliphatic carboxylic acids is 1. The van der Waals surface area contributed by atoms with Crippen LogP contribution in [0.5, 0.6) is 0 Å². The van der Waals surface area contributed by atoms with Gasteiger partial charge in [-0.2, -0.15) is 0 Å². The maximum atomic E-state index is 13.1. The first-order valence-electron chi connectivity index (χ1n) is 11.8. The lowest BCUT2D eigenvalue weighted by atomic mass is 10.00. The molecule has 1 aliphatic rings. The summed E-state index contributed by atoms with van der Waals surface area (Å²) >= 11 is 6.13. The van der Waals surface area contributed by atoms with Gasteiger partial charge in [-0.25, -0.2) is 0 Å². The number of carbonyl (C=O) groups is 3. The van der Waals surface area contributed by atoms with Gasteiger partial charge in [-0.1, -0.05) is 30.7 Å². The Hall–Kier alpha value is -3.84. The Balaban J connectivity index is 1.62. The van der Waals surface area contributed by atoms with Crippen LogP contribution in [0.25, 0.3) is 11.6 Å². The van der Waals surface area contributed by atoms with Crippen LogP contribution in [0.2, 0.25) is 5.02 Å². The van der Waals surface area contributed by atoms with Crippen molar-refractivity contribution < 1.29 is 19.5 Å². The summed E-state index contributed by atoms with van der Waals surface area (Å²) in [6.07, 6.45) is 2.89. The van der Waals surface area contributed by atoms with Crippen molar-refractivity contribution in [3.05, 3.63) is 86.7 Å². The molecule has 8 heteroatoms. The molecule has 186 valence electrons. The van der Waals surface area contributed by atoms with E-state index in [0.29, 0.717) is 40.3 Å². The summed E-state index contributed by atoms with van der Waals surface area (Å²) < 4.78 is 0. The fraction of sp³-hybridized carbons (Fsp3) is 0.250. The van der Waals surface area contributed by atoms with E-state index < -0.39 is 5.97 Å². The topological polar surface area (TPSA) is 111 Å².